The van der Waals surface area contributed by atoms with Gasteiger partial charge in [-0.2, -0.15) is 0 Å². The number of carbonyl (C=O) groups excluding carboxylic acids is 1. The van der Waals surface area contributed by atoms with E-state index in [1.807, 2.05) is 6.08 Å². The van der Waals surface area contributed by atoms with Crippen molar-refractivity contribution in [3.8, 4) is 0 Å². The Kier molecular flexibility index (Phi) is 52.4. The summed E-state index contributed by atoms with van der Waals surface area (Å²) in [5.41, 5.74) is 0. The Bertz CT molecular complexity index is 1560. The van der Waals surface area contributed by atoms with Crippen LogP contribution in [0, 0.1) is 0 Å². The summed E-state index contributed by atoms with van der Waals surface area (Å²) < 4.78 is 22.9. The Morgan fingerprint density at radius 3 is 1.18 bits per heavy atom. The first kappa shape index (κ1) is 79.3. The van der Waals surface area contributed by atoms with Crippen molar-refractivity contribution in [1.82, 2.24) is 5.32 Å². The average Bonchev–Trinajstić information content (AvgIpc) is 3.68. The van der Waals surface area contributed by atoms with Gasteiger partial charge in [0, 0.05) is 6.42 Å². The molecule has 500 valence electrons. The van der Waals surface area contributed by atoms with Crippen molar-refractivity contribution in [3.05, 3.63) is 36.5 Å². The first-order valence-electron chi connectivity index (χ1n) is 35.7. The first-order valence-corrected chi connectivity index (χ1v) is 35.7. The maximum absolute atomic E-state index is 13.3. The lowest BCUT2D eigenvalue weighted by Gasteiger charge is -2.46. The predicted molar refractivity (Wildman–Crippen MR) is 346 cm³/mol. The molecule has 85 heavy (non-hydrogen) atoms. The summed E-state index contributed by atoms with van der Waals surface area (Å²) in [4.78, 5) is 13.3. The van der Waals surface area contributed by atoms with Gasteiger partial charge in [-0.25, -0.2) is 0 Å². The minimum absolute atomic E-state index is 0.233. The van der Waals surface area contributed by atoms with Crippen LogP contribution in [0.3, 0.4) is 0 Å². The number of amides is 1. The highest BCUT2D eigenvalue weighted by molar-refractivity contribution is 5.76. The number of unbranched alkanes of at least 4 members (excludes halogenated alkanes) is 42. The van der Waals surface area contributed by atoms with Crippen LogP contribution in [-0.2, 0) is 23.7 Å². The molecule has 2 heterocycles. The monoisotopic (exact) mass is 1210 g/mol. The molecular formula is C71H133NO13. The Morgan fingerprint density at radius 2 is 0.776 bits per heavy atom. The van der Waals surface area contributed by atoms with Crippen LogP contribution in [0.2, 0.25) is 0 Å². The van der Waals surface area contributed by atoms with E-state index < -0.39 is 86.8 Å². The molecule has 0 aromatic carbocycles. The van der Waals surface area contributed by atoms with Crippen molar-refractivity contribution in [2.75, 3.05) is 19.8 Å². The van der Waals surface area contributed by atoms with E-state index in [-0.39, 0.29) is 18.9 Å². The molecule has 0 aromatic rings. The van der Waals surface area contributed by atoms with Gasteiger partial charge in [0.2, 0.25) is 5.91 Å². The molecule has 0 aromatic heterocycles. The Labute approximate surface area is 519 Å². The fourth-order valence-electron chi connectivity index (χ4n) is 11.9. The molecule has 14 heteroatoms. The number of nitrogens with one attached hydrogen (secondary N) is 1. The number of aliphatic hydroxyl groups excluding tert-OH is 8. The summed E-state index contributed by atoms with van der Waals surface area (Å²) in [7, 11) is 0. The minimum Gasteiger partial charge on any atom is -0.394 e. The van der Waals surface area contributed by atoms with Crippen LogP contribution >= 0.6 is 0 Å². The largest absolute Gasteiger partial charge is 0.394 e. The van der Waals surface area contributed by atoms with Crippen molar-refractivity contribution in [2.24, 2.45) is 0 Å². The normalized spacial score (nSPS) is 23.7. The molecule has 0 saturated carbocycles. The predicted octanol–water partition coefficient (Wildman–Crippen LogP) is 14.5. The first-order chi connectivity index (χ1) is 41.6. The van der Waals surface area contributed by atoms with Crippen LogP contribution in [0.15, 0.2) is 36.5 Å². The van der Waals surface area contributed by atoms with Crippen molar-refractivity contribution in [2.45, 2.75) is 389 Å². The third kappa shape index (κ3) is 40.5. The van der Waals surface area contributed by atoms with Gasteiger partial charge in [-0.05, 0) is 51.4 Å². The fraction of sp³-hybridized carbons (Fsp3) is 0.901. The highest BCUT2D eigenvalue weighted by atomic mass is 16.7. The van der Waals surface area contributed by atoms with Gasteiger partial charge in [0.1, 0.15) is 48.8 Å². The zero-order valence-electron chi connectivity index (χ0n) is 54.4. The lowest BCUT2D eigenvalue weighted by molar-refractivity contribution is -0.359. The molecule has 2 aliphatic rings. The van der Waals surface area contributed by atoms with Gasteiger partial charge in [-0.3, -0.25) is 4.79 Å². The van der Waals surface area contributed by atoms with Gasteiger partial charge >= 0.3 is 0 Å². The van der Waals surface area contributed by atoms with E-state index in [0.29, 0.717) is 6.42 Å². The van der Waals surface area contributed by atoms with Crippen molar-refractivity contribution in [1.29, 1.82) is 0 Å². The molecule has 1 amide bonds. The lowest BCUT2D eigenvalue weighted by atomic mass is 9.97. The zero-order chi connectivity index (χ0) is 61.6. The molecule has 0 radical (unpaired) electrons. The summed E-state index contributed by atoms with van der Waals surface area (Å²) in [6, 6.07) is -0.914. The topological polar surface area (TPSA) is 228 Å². The second kappa shape index (κ2) is 56.2. The van der Waals surface area contributed by atoms with Crippen LogP contribution in [0.1, 0.15) is 316 Å². The number of aliphatic hydroxyl groups is 8. The smallest absolute Gasteiger partial charge is 0.220 e. The lowest BCUT2D eigenvalue weighted by Crippen LogP contribution is -2.65. The van der Waals surface area contributed by atoms with Gasteiger partial charge < -0.3 is 65.1 Å². The number of hydrogen-bond acceptors (Lipinski definition) is 13. The number of allylic oxidation sites excluding steroid dienone is 5. The molecule has 0 bridgehead atoms. The van der Waals surface area contributed by atoms with Crippen molar-refractivity contribution < 1.29 is 64.6 Å². The maximum Gasteiger partial charge on any atom is 0.220 e. The quantitative estimate of drug-likeness (QED) is 0.0204. The third-order valence-corrected chi connectivity index (χ3v) is 17.6. The van der Waals surface area contributed by atoms with E-state index in [0.717, 1.165) is 44.9 Å². The van der Waals surface area contributed by atoms with Gasteiger partial charge in [0.05, 0.1) is 32.0 Å². The molecule has 14 nitrogen and oxygen atoms in total. The second-order valence-corrected chi connectivity index (χ2v) is 25.4. The molecule has 0 spiro atoms. The number of ether oxygens (including phenoxy) is 4. The third-order valence-electron chi connectivity index (χ3n) is 17.6. The van der Waals surface area contributed by atoms with Crippen LogP contribution < -0.4 is 5.32 Å². The molecule has 2 rings (SSSR count). The molecule has 0 aliphatic carbocycles. The molecular weight excluding hydrogens is 1070 g/mol. The van der Waals surface area contributed by atoms with Gasteiger partial charge in [-0.15, -0.1) is 0 Å². The highest BCUT2D eigenvalue weighted by Crippen LogP contribution is 2.30. The van der Waals surface area contributed by atoms with E-state index in [1.54, 1.807) is 6.08 Å². The number of rotatable bonds is 59. The average molecular weight is 1210 g/mol. The van der Waals surface area contributed by atoms with Gasteiger partial charge in [0.25, 0.3) is 0 Å². The van der Waals surface area contributed by atoms with Gasteiger partial charge in [-0.1, -0.05) is 294 Å². The summed E-state index contributed by atoms with van der Waals surface area (Å²) >= 11 is 0. The number of carbonyl (C=O) groups is 1. The molecule has 2 fully saturated rings. The van der Waals surface area contributed by atoms with Crippen LogP contribution in [0.25, 0.3) is 0 Å². The summed E-state index contributed by atoms with van der Waals surface area (Å²) in [5.74, 6) is -0.233. The SMILES string of the molecule is CCCCCCC/C=C\C/C=C\CCCCCCCCCCCCCCCCCCCCCC(=O)NC(COC1OC(CO)C(OC2OC(CO)C(O)C(O)C2O)C(O)C1O)C(O)/C=C/CCCCCCCCCCCCCCCCCCCC. The second-order valence-electron chi connectivity index (χ2n) is 25.4. The van der Waals surface area contributed by atoms with E-state index in [4.69, 9.17) is 18.9 Å². The Balaban J connectivity index is 1.65. The Morgan fingerprint density at radius 1 is 0.424 bits per heavy atom. The fourth-order valence-corrected chi connectivity index (χ4v) is 11.9. The van der Waals surface area contributed by atoms with Gasteiger partial charge in [0.15, 0.2) is 12.6 Å². The summed E-state index contributed by atoms with van der Waals surface area (Å²) in [5, 5.41) is 87.4. The molecule has 12 atom stereocenters. The Hall–Kier alpha value is -1.79. The summed E-state index contributed by atoms with van der Waals surface area (Å²) in [6.07, 6.45) is 54.8. The van der Waals surface area contributed by atoms with Crippen molar-refractivity contribution >= 4 is 5.91 Å². The minimum atomic E-state index is -1.79. The maximum atomic E-state index is 13.3. The van der Waals surface area contributed by atoms with Crippen molar-refractivity contribution in [3.63, 3.8) is 0 Å². The van der Waals surface area contributed by atoms with E-state index in [9.17, 15) is 45.6 Å². The molecule has 9 N–H and O–H groups in total. The van der Waals surface area contributed by atoms with Crippen LogP contribution in [-0.4, -0.2) is 140 Å². The zero-order valence-corrected chi connectivity index (χ0v) is 54.4. The van der Waals surface area contributed by atoms with E-state index in [2.05, 4.69) is 43.5 Å². The van der Waals surface area contributed by atoms with Crippen LogP contribution in [0.4, 0.5) is 0 Å². The van der Waals surface area contributed by atoms with E-state index >= 15 is 0 Å². The molecule has 12 unspecified atom stereocenters. The van der Waals surface area contributed by atoms with Crippen LogP contribution in [0.5, 0.6) is 0 Å². The standard InChI is InChI=1S/C71H133NO13/c1-3-5-7-9-11-13-15-17-19-21-23-25-26-27-28-29-30-31-32-33-34-35-37-39-41-43-45-47-49-51-53-55-63(76)72-59(60(75)54-52-50-48-46-44-42-40-38-36-24-22-20-18-16-14-12-10-8-6-4-2)58-82-70-68(81)66(79)69(62(57-74)84-70)85-71-67(80)65(78)64(77)61(56-73)83-71/h15,17,21,23,52,54,59-62,64-71,73-75,77-81H,3-14,16,18-20,22,24-51,53,55-58H2,1-2H3,(H,72,76)/b17-15-,23-21-,54-52+. The summed E-state index contributed by atoms with van der Waals surface area (Å²) in [6.45, 7) is 2.83. The molecule has 2 saturated heterocycles. The molecule has 2 aliphatic heterocycles. The van der Waals surface area contributed by atoms with E-state index in [1.165, 1.54) is 244 Å². The highest BCUT2D eigenvalue weighted by Gasteiger charge is 2.51. The number of hydrogen-bond donors (Lipinski definition) is 9.